The van der Waals surface area contributed by atoms with Crippen molar-refractivity contribution >= 4 is 40.8 Å². The quantitative estimate of drug-likeness (QED) is 0.863. The van der Waals surface area contributed by atoms with Crippen molar-refractivity contribution in [3.63, 3.8) is 0 Å². The minimum Gasteiger partial charge on any atom is -0.453 e. The molecule has 0 radical (unpaired) electrons. The fourth-order valence-electron chi connectivity index (χ4n) is 1.14. The number of esters is 1. The van der Waals surface area contributed by atoms with Crippen LogP contribution in [-0.4, -0.2) is 18.0 Å². The Balaban J connectivity index is 2.74. The summed E-state index contributed by atoms with van der Waals surface area (Å²) >= 11 is 11.7. The molecule has 17 heavy (non-hydrogen) atoms. The van der Waals surface area contributed by atoms with E-state index in [2.05, 4.69) is 5.32 Å². The van der Waals surface area contributed by atoms with Gasteiger partial charge in [-0.2, -0.15) is 0 Å². The highest BCUT2D eigenvalue weighted by Gasteiger charge is 2.17. The van der Waals surface area contributed by atoms with Crippen LogP contribution in [0.4, 0.5) is 5.69 Å². The van der Waals surface area contributed by atoms with Crippen LogP contribution in [0.3, 0.4) is 0 Å². The van der Waals surface area contributed by atoms with Crippen molar-refractivity contribution in [3.8, 4) is 0 Å². The summed E-state index contributed by atoms with van der Waals surface area (Å²) in [5, 5.41) is 3.11. The molecule has 1 aromatic rings. The number of nitrogens with one attached hydrogen (secondary N) is 1. The average molecular weight is 276 g/mol. The first-order valence-electron chi connectivity index (χ1n) is 4.84. The number of rotatable bonds is 3. The Morgan fingerprint density at radius 1 is 1.35 bits per heavy atom. The minimum atomic E-state index is -0.887. The molecule has 1 amide bonds. The predicted molar refractivity (Wildman–Crippen MR) is 66.3 cm³/mol. The van der Waals surface area contributed by atoms with Crippen molar-refractivity contribution in [1.29, 1.82) is 0 Å². The van der Waals surface area contributed by atoms with Crippen LogP contribution in [0, 0.1) is 0 Å². The van der Waals surface area contributed by atoms with Crippen LogP contribution in [-0.2, 0) is 14.3 Å². The van der Waals surface area contributed by atoms with E-state index in [9.17, 15) is 9.59 Å². The number of ether oxygens (including phenoxy) is 1. The summed E-state index contributed by atoms with van der Waals surface area (Å²) in [4.78, 5) is 22.3. The molecule has 92 valence electrons. The van der Waals surface area contributed by atoms with E-state index in [0.29, 0.717) is 10.7 Å². The highest BCUT2D eigenvalue weighted by molar-refractivity contribution is 6.44. The maximum atomic E-state index is 11.6. The van der Waals surface area contributed by atoms with Gasteiger partial charge >= 0.3 is 5.97 Å². The zero-order valence-corrected chi connectivity index (χ0v) is 10.8. The van der Waals surface area contributed by atoms with Crippen LogP contribution in [0.5, 0.6) is 0 Å². The molecule has 1 N–H and O–H groups in total. The van der Waals surface area contributed by atoms with Crippen molar-refractivity contribution in [1.82, 2.24) is 0 Å². The zero-order chi connectivity index (χ0) is 13.0. The largest absolute Gasteiger partial charge is 0.453 e. The minimum absolute atomic E-state index is 0.248. The summed E-state index contributed by atoms with van der Waals surface area (Å²) in [5.74, 6) is -0.991. The summed E-state index contributed by atoms with van der Waals surface area (Å²) in [6.45, 7) is 2.70. The molecule has 1 unspecified atom stereocenters. The van der Waals surface area contributed by atoms with Crippen molar-refractivity contribution in [2.75, 3.05) is 5.32 Å². The Bertz CT molecular complexity index is 448. The van der Waals surface area contributed by atoms with E-state index >= 15 is 0 Å². The summed E-state index contributed by atoms with van der Waals surface area (Å²) in [7, 11) is 0. The standard InChI is InChI=1S/C11H11Cl2NO3/c1-6(17-7(2)15)11(16)14-9-5-3-4-8(12)10(9)13/h3-6H,1-2H3,(H,14,16). The average Bonchev–Trinajstić information content (AvgIpc) is 2.23. The van der Waals surface area contributed by atoms with Gasteiger partial charge in [0, 0.05) is 6.92 Å². The van der Waals surface area contributed by atoms with Gasteiger partial charge in [-0.25, -0.2) is 0 Å². The summed E-state index contributed by atoms with van der Waals surface area (Å²) in [5.41, 5.74) is 0.378. The molecule has 0 fully saturated rings. The lowest BCUT2D eigenvalue weighted by molar-refractivity contribution is -0.150. The third-order valence-electron chi connectivity index (χ3n) is 1.92. The third-order valence-corrected chi connectivity index (χ3v) is 2.74. The zero-order valence-electron chi connectivity index (χ0n) is 9.29. The van der Waals surface area contributed by atoms with Gasteiger partial charge in [0.15, 0.2) is 6.10 Å². The lowest BCUT2D eigenvalue weighted by Gasteiger charge is -2.13. The number of hydrogen-bond donors (Lipinski definition) is 1. The van der Waals surface area contributed by atoms with Gasteiger partial charge in [0.1, 0.15) is 0 Å². The number of amides is 1. The Hall–Kier alpha value is -1.26. The second-order valence-electron chi connectivity index (χ2n) is 3.34. The normalized spacial score (nSPS) is 11.8. The molecule has 0 aliphatic rings. The van der Waals surface area contributed by atoms with E-state index in [1.165, 1.54) is 13.8 Å². The van der Waals surface area contributed by atoms with Crippen molar-refractivity contribution in [2.24, 2.45) is 0 Å². The molecule has 0 saturated heterocycles. The Morgan fingerprint density at radius 3 is 2.59 bits per heavy atom. The molecule has 1 atom stereocenters. The monoisotopic (exact) mass is 275 g/mol. The van der Waals surface area contributed by atoms with Crippen LogP contribution >= 0.6 is 23.2 Å². The molecule has 6 heteroatoms. The number of hydrogen-bond acceptors (Lipinski definition) is 3. The number of carbonyl (C=O) groups is 2. The first-order valence-corrected chi connectivity index (χ1v) is 5.59. The number of anilines is 1. The molecular weight excluding hydrogens is 265 g/mol. The molecule has 0 heterocycles. The van der Waals surface area contributed by atoms with Gasteiger partial charge < -0.3 is 10.1 Å². The molecule has 4 nitrogen and oxygen atoms in total. The van der Waals surface area contributed by atoms with E-state index in [4.69, 9.17) is 27.9 Å². The van der Waals surface area contributed by atoms with Crippen LogP contribution in [0.15, 0.2) is 18.2 Å². The Labute approximate surface area is 109 Å². The van der Waals surface area contributed by atoms with Crippen LogP contribution in [0.1, 0.15) is 13.8 Å². The van der Waals surface area contributed by atoms with Gasteiger partial charge in [-0.1, -0.05) is 29.3 Å². The van der Waals surface area contributed by atoms with E-state index in [-0.39, 0.29) is 5.02 Å². The van der Waals surface area contributed by atoms with Crippen LogP contribution in [0.2, 0.25) is 10.0 Å². The van der Waals surface area contributed by atoms with Crippen molar-refractivity contribution in [3.05, 3.63) is 28.2 Å². The van der Waals surface area contributed by atoms with Gasteiger partial charge in [0.2, 0.25) is 0 Å². The first-order chi connectivity index (χ1) is 7.91. The molecule has 1 rings (SSSR count). The highest BCUT2D eigenvalue weighted by Crippen LogP contribution is 2.29. The molecule has 1 aromatic carbocycles. The van der Waals surface area contributed by atoms with E-state index in [1.54, 1.807) is 18.2 Å². The third kappa shape index (κ3) is 3.91. The lowest BCUT2D eigenvalue weighted by atomic mass is 10.3. The lowest BCUT2D eigenvalue weighted by Crippen LogP contribution is -2.29. The maximum absolute atomic E-state index is 11.6. The Kier molecular flexibility index (Phi) is 4.78. The highest BCUT2D eigenvalue weighted by atomic mass is 35.5. The molecule has 0 bridgehead atoms. The smallest absolute Gasteiger partial charge is 0.303 e. The summed E-state index contributed by atoms with van der Waals surface area (Å²) in [6, 6.07) is 4.86. The maximum Gasteiger partial charge on any atom is 0.303 e. The number of benzene rings is 1. The number of carbonyl (C=O) groups excluding carboxylic acids is 2. The fraction of sp³-hybridized carbons (Fsp3) is 0.273. The van der Waals surface area contributed by atoms with E-state index in [0.717, 1.165) is 0 Å². The molecule has 0 spiro atoms. The number of halogens is 2. The molecule has 0 aliphatic heterocycles. The topological polar surface area (TPSA) is 55.4 Å². The van der Waals surface area contributed by atoms with E-state index in [1.807, 2.05) is 0 Å². The fourth-order valence-corrected chi connectivity index (χ4v) is 1.48. The van der Waals surface area contributed by atoms with Gasteiger partial charge in [-0.05, 0) is 19.1 Å². The van der Waals surface area contributed by atoms with Crippen molar-refractivity contribution < 1.29 is 14.3 Å². The van der Waals surface area contributed by atoms with Crippen molar-refractivity contribution in [2.45, 2.75) is 20.0 Å². The van der Waals surface area contributed by atoms with Crippen LogP contribution < -0.4 is 5.32 Å². The molecule has 0 saturated carbocycles. The van der Waals surface area contributed by atoms with Gasteiger partial charge in [-0.3, -0.25) is 9.59 Å². The second kappa shape index (κ2) is 5.89. The molecule has 0 aromatic heterocycles. The van der Waals surface area contributed by atoms with E-state index < -0.39 is 18.0 Å². The SMILES string of the molecule is CC(=O)OC(C)C(=O)Nc1cccc(Cl)c1Cl. The van der Waals surface area contributed by atoms with Gasteiger partial charge in [0.25, 0.3) is 5.91 Å². The van der Waals surface area contributed by atoms with Gasteiger partial charge in [0.05, 0.1) is 15.7 Å². The van der Waals surface area contributed by atoms with Gasteiger partial charge in [-0.15, -0.1) is 0 Å². The first kappa shape index (κ1) is 13.8. The second-order valence-corrected chi connectivity index (χ2v) is 4.13. The molecular formula is C11H11Cl2NO3. The van der Waals surface area contributed by atoms with Crippen LogP contribution in [0.25, 0.3) is 0 Å². The predicted octanol–water partition coefficient (Wildman–Crippen LogP) is 2.88. The molecule has 0 aliphatic carbocycles. The Morgan fingerprint density at radius 2 is 2.00 bits per heavy atom. The summed E-state index contributed by atoms with van der Waals surface area (Å²) < 4.78 is 4.73. The summed E-state index contributed by atoms with van der Waals surface area (Å²) in [6.07, 6.45) is -0.887.